The molecule has 0 atom stereocenters. The Kier molecular flexibility index (Phi) is 5.71. The number of sulfone groups is 1. The number of piperidine rings is 2. The summed E-state index contributed by atoms with van der Waals surface area (Å²) in [7, 11) is -2.94. The molecule has 0 bridgehead atoms. The summed E-state index contributed by atoms with van der Waals surface area (Å²) in [5.41, 5.74) is 0. The van der Waals surface area contributed by atoms with Crippen LogP contribution in [0, 0.1) is 0 Å². The third-order valence-electron chi connectivity index (χ3n) is 5.34. The van der Waals surface area contributed by atoms with Crippen molar-refractivity contribution in [3.8, 4) is 0 Å². The van der Waals surface area contributed by atoms with Crippen LogP contribution in [-0.2, 0) is 9.84 Å². The van der Waals surface area contributed by atoms with E-state index in [1.165, 1.54) is 0 Å². The van der Waals surface area contributed by atoms with Crippen LogP contribution in [0.2, 0.25) is 0 Å². The first-order valence-corrected chi connectivity index (χ1v) is 10.1. The van der Waals surface area contributed by atoms with Crippen LogP contribution in [0.3, 0.4) is 0 Å². The van der Waals surface area contributed by atoms with Gasteiger partial charge in [-0.1, -0.05) is 0 Å². The van der Waals surface area contributed by atoms with Crippen molar-refractivity contribution in [3.63, 3.8) is 0 Å². The molecule has 0 radical (unpaired) electrons. The zero-order chi connectivity index (χ0) is 15.6. The minimum absolute atomic E-state index is 0.0944. The summed E-state index contributed by atoms with van der Waals surface area (Å²) in [5.74, 6) is 0. The standard InChI is InChI=1S/C16H32N2O2S/c1-13(2)17-9-5-15(6-10-17)21(19,20)16-7-11-18(12-8-16)14(3)4/h13-16H,5-12H2,1-4H3. The van der Waals surface area contributed by atoms with Crippen LogP contribution < -0.4 is 0 Å². The van der Waals surface area contributed by atoms with Gasteiger partial charge in [-0.3, -0.25) is 0 Å². The Balaban J connectivity index is 1.91. The monoisotopic (exact) mass is 316 g/mol. The Bertz CT molecular complexity index is 384. The summed E-state index contributed by atoms with van der Waals surface area (Å²) in [6.07, 6.45) is 3.30. The Hall–Kier alpha value is -0.130. The molecule has 0 saturated carbocycles. The molecule has 2 aliphatic heterocycles. The summed E-state index contributed by atoms with van der Waals surface area (Å²) < 4.78 is 25.7. The molecular formula is C16H32N2O2S. The third-order valence-corrected chi connectivity index (χ3v) is 8.14. The van der Waals surface area contributed by atoms with Crippen molar-refractivity contribution < 1.29 is 8.42 Å². The van der Waals surface area contributed by atoms with Crippen molar-refractivity contribution in [2.24, 2.45) is 0 Å². The van der Waals surface area contributed by atoms with E-state index in [1.807, 2.05) is 0 Å². The molecule has 2 aliphatic rings. The van der Waals surface area contributed by atoms with Gasteiger partial charge in [0.1, 0.15) is 0 Å². The van der Waals surface area contributed by atoms with Gasteiger partial charge >= 0.3 is 0 Å². The van der Waals surface area contributed by atoms with Gasteiger partial charge in [0.05, 0.1) is 10.5 Å². The Morgan fingerprint density at radius 3 is 1.24 bits per heavy atom. The molecule has 0 aromatic heterocycles. The van der Waals surface area contributed by atoms with E-state index in [0.29, 0.717) is 12.1 Å². The summed E-state index contributed by atoms with van der Waals surface area (Å²) in [4.78, 5) is 4.79. The molecule has 0 aromatic carbocycles. The van der Waals surface area contributed by atoms with Crippen LogP contribution in [0.25, 0.3) is 0 Å². The van der Waals surface area contributed by atoms with E-state index in [4.69, 9.17) is 0 Å². The lowest BCUT2D eigenvalue weighted by molar-refractivity contribution is 0.179. The van der Waals surface area contributed by atoms with Gasteiger partial charge in [-0.2, -0.15) is 0 Å². The molecule has 0 N–H and O–H groups in total. The highest BCUT2D eigenvalue weighted by Crippen LogP contribution is 2.28. The Morgan fingerprint density at radius 1 is 0.714 bits per heavy atom. The fourth-order valence-corrected chi connectivity index (χ4v) is 5.99. The maximum Gasteiger partial charge on any atom is 0.156 e. The number of hydrogen-bond acceptors (Lipinski definition) is 4. The fraction of sp³-hybridized carbons (Fsp3) is 1.00. The van der Waals surface area contributed by atoms with Crippen LogP contribution >= 0.6 is 0 Å². The SMILES string of the molecule is CC(C)N1CCC(S(=O)(=O)C2CCN(C(C)C)CC2)CC1. The lowest BCUT2D eigenvalue weighted by atomic mass is 10.1. The summed E-state index contributed by atoms with van der Waals surface area (Å²) in [6.45, 7) is 12.5. The van der Waals surface area contributed by atoms with E-state index in [2.05, 4.69) is 37.5 Å². The quantitative estimate of drug-likeness (QED) is 0.797. The zero-order valence-corrected chi connectivity index (χ0v) is 14.9. The topological polar surface area (TPSA) is 40.6 Å². The number of rotatable bonds is 4. The minimum atomic E-state index is -2.94. The van der Waals surface area contributed by atoms with E-state index < -0.39 is 9.84 Å². The Labute approximate surface area is 130 Å². The molecule has 21 heavy (non-hydrogen) atoms. The van der Waals surface area contributed by atoms with Crippen LogP contribution in [0.4, 0.5) is 0 Å². The maximum absolute atomic E-state index is 12.9. The average Bonchev–Trinajstić information content (AvgIpc) is 2.47. The first-order chi connectivity index (χ1) is 9.82. The van der Waals surface area contributed by atoms with Gasteiger partial charge in [0.15, 0.2) is 9.84 Å². The van der Waals surface area contributed by atoms with Crippen molar-refractivity contribution in [2.75, 3.05) is 26.2 Å². The van der Waals surface area contributed by atoms with Crippen LogP contribution in [0.1, 0.15) is 53.4 Å². The molecule has 0 amide bonds. The van der Waals surface area contributed by atoms with Gasteiger partial charge in [0, 0.05) is 12.1 Å². The van der Waals surface area contributed by atoms with E-state index in [0.717, 1.165) is 51.9 Å². The molecule has 2 saturated heterocycles. The van der Waals surface area contributed by atoms with Crippen molar-refractivity contribution in [3.05, 3.63) is 0 Å². The first kappa shape index (κ1) is 17.2. The Morgan fingerprint density at radius 2 is 1.00 bits per heavy atom. The van der Waals surface area contributed by atoms with Gasteiger partial charge in [-0.05, 0) is 79.6 Å². The predicted molar refractivity (Wildman–Crippen MR) is 88.4 cm³/mol. The van der Waals surface area contributed by atoms with Gasteiger partial charge in [0.2, 0.25) is 0 Å². The van der Waals surface area contributed by atoms with Gasteiger partial charge in [0.25, 0.3) is 0 Å². The second-order valence-corrected chi connectivity index (χ2v) is 9.76. The van der Waals surface area contributed by atoms with Gasteiger partial charge in [-0.25, -0.2) is 8.42 Å². The molecular weight excluding hydrogens is 284 g/mol. The average molecular weight is 317 g/mol. The van der Waals surface area contributed by atoms with E-state index in [9.17, 15) is 8.42 Å². The van der Waals surface area contributed by atoms with Crippen molar-refractivity contribution in [1.82, 2.24) is 9.80 Å². The lowest BCUT2D eigenvalue weighted by Crippen LogP contribution is -2.48. The van der Waals surface area contributed by atoms with E-state index in [1.54, 1.807) is 0 Å². The fourth-order valence-electron chi connectivity index (χ4n) is 3.71. The molecule has 2 heterocycles. The molecule has 124 valence electrons. The molecule has 0 spiro atoms. The highest BCUT2D eigenvalue weighted by Gasteiger charge is 2.38. The molecule has 5 heteroatoms. The zero-order valence-electron chi connectivity index (χ0n) is 14.1. The second kappa shape index (κ2) is 6.97. The normalized spacial score (nSPS) is 25.0. The summed E-state index contributed by atoms with van der Waals surface area (Å²) >= 11 is 0. The molecule has 0 aromatic rings. The van der Waals surface area contributed by atoms with Crippen molar-refractivity contribution in [2.45, 2.75) is 76.0 Å². The first-order valence-electron chi connectivity index (χ1n) is 8.53. The van der Waals surface area contributed by atoms with Crippen LogP contribution in [0.15, 0.2) is 0 Å². The smallest absolute Gasteiger partial charge is 0.156 e. The molecule has 0 aliphatic carbocycles. The molecule has 4 nitrogen and oxygen atoms in total. The predicted octanol–water partition coefficient (Wildman–Crippen LogP) is 2.15. The van der Waals surface area contributed by atoms with E-state index >= 15 is 0 Å². The van der Waals surface area contributed by atoms with Crippen molar-refractivity contribution >= 4 is 9.84 Å². The molecule has 0 unspecified atom stereocenters. The highest BCUT2D eigenvalue weighted by molar-refractivity contribution is 7.92. The molecule has 2 fully saturated rings. The second-order valence-electron chi connectivity index (χ2n) is 7.25. The number of hydrogen-bond donors (Lipinski definition) is 0. The highest BCUT2D eigenvalue weighted by atomic mass is 32.2. The maximum atomic E-state index is 12.9. The van der Waals surface area contributed by atoms with Crippen molar-refractivity contribution in [1.29, 1.82) is 0 Å². The summed E-state index contributed by atoms with van der Waals surface area (Å²) in [6, 6.07) is 1.06. The van der Waals surface area contributed by atoms with Gasteiger partial charge in [-0.15, -0.1) is 0 Å². The summed E-state index contributed by atoms with van der Waals surface area (Å²) in [5, 5.41) is -0.189. The van der Waals surface area contributed by atoms with Crippen LogP contribution in [-0.4, -0.2) is 67.0 Å². The lowest BCUT2D eigenvalue weighted by Gasteiger charge is -2.38. The number of likely N-dealkylation sites (tertiary alicyclic amines) is 2. The minimum Gasteiger partial charge on any atom is -0.301 e. The van der Waals surface area contributed by atoms with Crippen LogP contribution in [0.5, 0.6) is 0 Å². The number of nitrogens with zero attached hydrogens (tertiary/aromatic N) is 2. The largest absolute Gasteiger partial charge is 0.301 e. The van der Waals surface area contributed by atoms with E-state index in [-0.39, 0.29) is 10.5 Å². The van der Waals surface area contributed by atoms with Gasteiger partial charge < -0.3 is 9.80 Å². The molecule has 2 rings (SSSR count). The third kappa shape index (κ3) is 3.99.